The van der Waals surface area contributed by atoms with E-state index in [4.69, 9.17) is 0 Å². The molecule has 2 fully saturated rings. The molecule has 0 heterocycles. The lowest BCUT2D eigenvalue weighted by atomic mass is 9.75. The number of allylic oxidation sites excluding steroid dienone is 2. The van der Waals surface area contributed by atoms with Crippen LogP contribution in [0.25, 0.3) is 0 Å². The van der Waals surface area contributed by atoms with E-state index < -0.39 is 0 Å². The minimum atomic E-state index is -0.169. The van der Waals surface area contributed by atoms with Crippen molar-refractivity contribution in [1.29, 1.82) is 0 Å². The summed E-state index contributed by atoms with van der Waals surface area (Å²) < 4.78 is 12.1. The van der Waals surface area contributed by atoms with Gasteiger partial charge in [0.1, 0.15) is 0 Å². The molecule has 0 bridgehead atoms. The zero-order chi connectivity index (χ0) is 17.0. The second kappa shape index (κ2) is 12.1. The van der Waals surface area contributed by atoms with Crippen molar-refractivity contribution >= 4 is 0 Å². The lowest BCUT2D eigenvalue weighted by Crippen LogP contribution is -2.17. The molecule has 140 valence electrons. The Hall–Kier alpha value is -0.330. The number of halogens is 1. The van der Waals surface area contributed by atoms with Gasteiger partial charge in [-0.05, 0) is 62.2 Å². The molecule has 2 aliphatic carbocycles. The smallest absolute Gasteiger partial charge is 0.0897 e. The van der Waals surface area contributed by atoms with E-state index in [1.54, 1.807) is 0 Å². The molecule has 0 nitrogen and oxygen atoms in total. The Kier molecular flexibility index (Phi) is 10.1. The molecule has 0 aliphatic heterocycles. The highest BCUT2D eigenvalue weighted by atomic mass is 19.1. The van der Waals surface area contributed by atoms with Gasteiger partial charge in [0.15, 0.2) is 0 Å². The lowest BCUT2D eigenvalue weighted by molar-refractivity contribution is 0.220. The van der Waals surface area contributed by atoms with Gasteiger partial charge in [-0.1, -0.05) is 76.9 Å². The van der Waals surface area contributed by atoms with Crippen molar-refractivity contribution in [2.24, 2.45) is 23.7 Å². The van der Waals surface area contributed by atoms with Gasteiger partial charge >= 0.3 is 0 Å². The van der Waals surface area contributed by atoms with Gasteiger partial charge < -0.3 is 0 Å². The van der Waals surface area contributed by atoms with Crippen molar-refractivity contribution < 1.29 is 4.39 Å². The van der Waals surface area contributed by atoms with Gasteiger partial charge in [0, 0.05) is 0 Å². The topological polar surface area (TPSA) is 0 Å². The molecule has 0 radical (unpaired) electrons. The Morgan fingerprint density at radius 2 is 1.29 bits per heavy atom. The van der Waals surface area contributed by atoms with Crippen LogP contribution in [0.3, 0.4) is 0 Å². The quantitative estimate of drug-likeness (QED) is 0.281. The highest BCUT2D eigenvalue weighted by molar-refractivity contribution is 4.91. The second-order valence-corrected chi connectivity index (χ2v) is 8.65. The van der Waals surface area contributed by atoms with Crippen molar-refractivity contribution in [3.05, 3.63) is 12.2 Å². The van der Waals surface area contributed by atoms with E-state index in [0.717, 1.165) is 30.1 Å². The summed E-state index contributed by atoms with van der Waals surface area (Å²) in [6.45, 7) is 2.15. The van der Waals surface area contributed by atoms with Crippen LogP contribution in [0, 0.1) is 23.7 Å². The van der Waals surface area contributed by atoms with Crippen LogP contribution in [-0.4, -0.2) is 6.67 Å². The first-order chi connectivity index (χ1) is 11.8. The molecule has 0 amide bonds. The maximum Gasteiger partial charge on any atom is 0.0897 e. The summed E-state index contributed by atoms with van der Waals surface area (Å²) in [6.07, 6.45) is 25.2. The first-order valence-corrected chi connectivity index (χ1v) is 11.0. The third-order valence-corrected chi connectivity index (χ3v) is 6.72. The minimum Gasteiger partial charge on any atom is -0.251 e. The Morgan fingerprint density at radius 1 is 0.750 bits per heavy atom. The second-order valence-electron chi connectivity index (χ2n) is 8.65. The zero-order valence-electron chi connectivity index (χ0n) is 16.2. The van der Waals surface area contributed by atoms with Gasteiger partial charge in [0.25, 0.3) is 0 Å². The van der Waals surface area contributed by atoms with Crippen LogP contribution < -0.4 is 0 Å². The van der Waals surface area contributed by atoms with Gasteiger partial charge in [-0.2, -0.15) is 0 Å². The summed E-state index contributed by atoms with van der Waals surface area (Å²) in [5, 5.41) is 0. The van der Waals surface area contributed by atoms with Crippen molar-refractivity contribution in [2.45, 2.75) is 103 Å². The molecular weight excluding hydrogens is 295 g/mol. The van der Waals surface area contributed by atoms with Gasteiger partial charge in [0.2, 0.25) is 0 Å². The fourth-order valence-corrected chi connectivity index (χ4v) is 4.93. The molecular formula is C23H41F. The molecule has 0 atom stereocenters. The van der Waals surface area contributed by atoms with Gasteiger partial charge in [-0.3, -0.25) is 4.39 Å². The summed E-state index contributed by atoms with van der Waals surface area (Å²) in [4.78, 5) is 0. The van der Waals surface area contributed by atoms with Crippen molar-refractivity contribution in [2.75, 3.05) is 6.67 Å². The first kappa shape index (κ1) is 20.0. The minimum absolute atomic E-state index is 0.169. The van der Waals surface area contributed by atoms with Crippen LogP contribution in [0.1, 0.15) is 103 Å². The van der Waals surface area contributed by atoms with Crippen LogP contribution in [0.5, 0.6) is 0 Å². The summed E-state index contributed by atoms with van der Waals surface area (Å²) in [5.74, 6) is 3.88. The standard InChI is InChI=1S/C23H41F/c1-2-3-7-20-9-13-22(14-10-20)17-18-23-15-11-21(12-16-23)8-5-4-6-19-24/h5,8,20-23H,2-4,6-7,9-19H2,1H3/b8-5+. The molecule has 2 aliphatic rings. The molecule has 0 aromatic heterocycles. The highest BCUT2D eigenvalue weighted by Gasteiger charge is 2.23. The van der Waals surface area contributed by atoms with Crippen LogP contribution in [0.4, 0.5) is 4.39 Å². The largest absolute Gasteiger partial charge is 0.251 e. The molecule has 0 N–H and O–H groups in total. The molecule has 0 aromatic carbocycles. The highest BCUT2D eigenvalue weighted by Crippen LogP contribution is 2.37. The van der Waals surface area contributed by atoms with Gasteiger partial charge in [-0.15, -0.1) is 0 Å². The molecule has 0 saturated heterocycles. The van der Waals surface area contributed by atoms with Crippen molar-refractivity contribution in [1.82, 2.24) is 0 Å². The predicted molar refractivity (Wildman–Crippen MR) is 104 cm³/mol. The van der Waals surface area contributed by atoms with E-state index in [9.17, 15) is 4.39 Å². The van der Waals surface area contributed by atoms with E-state index in [2.05, 4.69) is 19.1 Å². The monoisotopic (exact) mass is 336 g/mol. The van der Waals surface area contributed by atoms with E-state index in [-0.39, 0.29) is 6.67 Å². The third-order valence-electron chi connectivity index (χ3n) is 6.72. The van der Waals surface area contributed by atoms with E-state index in [1.807, 2.05) is 0 Å². The predicted octanol–water partition coefficient (Wildman–Crippen LogP) is 7.88. The average Bonchev–Trinajstić information content (AvgIpc) is 2.64. The third kappa shape index (κ3) is 7.70. The van der Waals surface area contributed by atoms with Crippen LogP contribution in [0.15, 0.2) is 12.2 Å². The Labute approximate surface area is 150 Å². The van der Waals surface area contributed by atoms with Crippen molar-refractivity contribution in [3.8, 4) is 0 Å². The summed E-state index contributed by atoms with van der Waals surface area (Å²) >= 11 is 0. The Balaban J connectivity index is 1.53. The number of alkyl halides is 1. The number of hydrogen-bond donors (Lipinski definition) is 0. The van der Waals surface area contributed by atoms with Crippen LogP contribution in [0.2, 0.25) is 0 Å². The fourth-order valence-electron chi connectivity index (χ4n) is 4.93. The van der Waals surface area contributed by atoms with Crippen LogP contribution >= 0.6 is 0 Å². The number of unbranched alkanes of at least 4 members (excludes halogenated alkanes) is 2. The van der Waals surface area contributed by atoms with E-state index in [1.165, 1.54) is 83.5 Å². The molecule has 1 heteroatoms. The van der Waals surface area contributed by atoms with E-state index in [0.29, 0.717) is 6.42 Å². The van der Waals surface area contributed by atoms with Gasteiger partial charge in [-0.25, -0.2) is 0 Å². The molecule has 0 spiro atoms. The SMILES string of the molecule is CCCCC1CCC(CCC2CCC(/C=C/CCCF)CC2)CC1. The Morgan fingerprint density at radius 3 is 1.83 bits per heavy atom. The summed E-state index contributed by atoms with van der Waals surface area (Å²) in [7, 11) is 0. The molecule has 24 heavy (non-hydrogen) atoms. The van der Waals surface area contributed by atoms with Gasteiger partial charge in [0.05, 0.1) is 6.67 Å². The van der Waals surface area contributed by atoms with Crippen molar-refractivity contribution in [3.63, 3.8) is 0 Å². The van der Waals surface area contributed by atoms with E-state index >= 15 is 0 Å². The maximum atomic E-state index is 12.1. The number of hydrogen-bond acceptors (Lipinski definition) is 0. The number of rotatable bonds is 10. The first-order valence-electron chi connectivity index (χ1n) is 11.0. The molecule has 0 unspecified atom stereocenters. The zero-order valence-corrected chi connectivity index (χ0v) is 16.2. The Bertz CT molecular complexity index is 319. The molecule has 0 aromatic rings. The molecule has 2 saturated carbocycles. The maximum absolute atomic E-state index is 12.1. The van der Waals surface area contributed by atoms with Crippen LogP contribution in [-0.2, 0) is 0 Å². The summed E-state index contributed by atoms with van der Waals surface area (Å²) in [5.41, 5.74) is 0. The summed E-state index contributed by atoms with van der Waals surface area (Å²) in [6, 6.07) is 0. The molecule has 2 rings (SSSR count). The lowest BCUT2D eigenvalue weighted by Gasteiger charge is -2.31. The normalized spacial score (nSPS) is 31.6. The fraction of sp³-hybridized carbons (Fsp3) is 0.913. The average molecular weight is 337 g/mol.